The summed E-state index contributed by atoms with van der Waals surface area (Å²) in [5, 5.41) is 10.7. The third-order valence-corrected chi connectivity index (χ3v) is 4.45. The zero-order valence-corrected chi connectivity index (χ0v) is 15.9. The molecule has 1 amide bonds. The molecule has 0 fully saturated rings. The van der Waals surface area contributed by atoms with Crippen molar-refractivity contribution in [2.75, 3.05) is 19.0 Å². The number of nitrogens with one attached hydrogen (secondary N) is 1. The number of ether oxygens (including phenoxy) is 1. The van der Waals surface area contributed by atoms with E-state index in [1.807, 2.05) is 37.3 Å². The van der Waals surface area contributed by atoms with Gasteiger partial charge in [0.15, 0.2) is 0 Å². The largest absolute Gasteiger partial charge is 0.383 e. The Bertz CT molecular complexity index is 964. The topological polar surface area (TPSA) is 91.0 Å². The van der Waals surface area contributed by atoms with E-state index in [1.165, 1.54) is 9.36 Å². The van der Waals surface area contributed by atoms with E-state index in [0.717, 1.165) is 5.56 Å². The number of hydrogen-bond acceptors (Lipinski definition) is 5. The number of hydrogen-bond donors (Lipinski definition) is 1. The molecule has 28 heavy (non-hydrogen) atoms. The van der Waals surface area contributed by atoms with Crippen LogP contribution in [0.15, 0.2) is 59.4 Å². The summed E-state index contributed by atoms with van der Waals surface area (Å²) in [7, 11) is 1.56. The van der Waals surface area contributed by atoms with E-state index in [1.54, 1.807) is 31.4 Å². The normalized spacial score (nSPS) is 11.9. The van der Waals surface area contributed by atoms with E-state index in [9.17, 15) is 9.59 Å². The summed E-state index contributed by atoms with van der Waals surface area (Å²) in [6.45, 7) is 2.70. The van der Waals surface area contributed by atoms with Gasteiger partial charge >= 0.3 is 5.69 Å². The lowest BCUT2D eigenvalue weighted by atomic mass is 9.95. The summed E-state index contributed by atoms with van der Waals surface area (Å²) in [5.41, 5.74) is 1.87. The molecular formula is C20H23N5O3. The number of tetrazole rings is 1. The minimum absolute atomic E-state index is 0.0656. The zero-order valence-electron chi connectivity index (χ0n) is 15.9. The van der Waals surface area contributed by atoms with Crippen LogP contribution in [0.4, 0.5) is 5.69 Å². The number of rotatable bonds is 8. The van der Waals surface area contributed by atoms with E-state index in [0.29, 0.717) is 30.9 Å². The van der Waals surface area contributed by atoms with Gasteiger partial charge in [0.1, 0.15) is 0 Å². The Labute approximate surface area is 162 Å². The standard InChI is InChI=1S/C20H23N5O3/c1-3-18(15-7-5-4-6-8-15)19(26)21-16-9-11-17(12-10-16)25-20(27)24(22-23-25)13-14-28-2/h4-12,18H,3,13-14H2,1-2H3,(H,21,26). The molecule has 0 bridgehead atoms. The summed E-state index contributed by atoms with van der Waals surface area (Å²) < 4.78 is 7.40. The fourth-order valence-corrected chi connectivity index (χ4v) is 2.93. The molecule has 1 unspecified atom stereocenters. The Morgan fingerprint density at radius 3 is 2.46 bits per heavy atom. The highest BCUT2D eigenvalue weighted by molar-refractivity contribution is 5.95. The predicted molar refractivity (Wildman–Crippen MR) is 106 cm³/mol. The maximum absolute atomic E-state index is 12.7. The Morgan fingerprint density at radius 2 is 1.82 bits per heavy atom. The molecule has 146 valence electrons. The molecule has 0 aliphatic carbocycles. The molecule has 8 heteroatoms. The van der Waals surface area contributed by atoms with Crippen LogP contribution in [0.1, 0.15) is 24.8 Å². The van der Waals surface area contributed by atoms with E-state index in [4.69, 9.17) is 4.74 Å². The van der Waals surface area contributed by atoms with Crippen molar-refractivity contribution in [2.45, 2.75) is 25.8 Å². The third-order valence-electron chi connectivity index (χ3n) is 4.45. The second kappa shape index (κ2) is 9.09. The van der Waals surface area contributed by atoms with Gasteiger partial charge in [-0.15, -0.1) is 0 Å². The van der Waals surface area contributed by atoms with Crippen molar-refractivity contribution >= 4 is 11.6 Å². The molecular weight excluding hydrogens is 358 g/mol. The quantitative estimate of drug-likeness (QED) is 0.646. The van der Waals surface area contributed by atoms with Gasteiger partial charge in [-0.2, -0.15) is 9.36 Å². The number of aromatic nitrogens is 4. The van der Waals surface area contributed by atoms with Crippen LogP contribution in [-0.2, 0) is 16.1 Å². The molecule has 1 atom stereocenters. The highest BCUT2D eigenvalue weighted by atomic mass is 16.5. The van der Waals surface area contributed by atoms with Crippen molar-refractivity contribution in [3.05, 3.63) is 70.6 Å². The van der Waals surface area contributed by atoms with Crippen LogP contribution < -0.4 is 11.0 Å². The molecule has 0 saturated heterocycles. The van der Waals surface area contributed by atoms with Crippen LogP contribution in [0.25, 0.3) is 5.69 Å². The van der Waals surface area contributed by atoms with Gasteiger partial charge in [0.05, 0.1) is 24.8 Å². The van der Waals surface area contributed by atoms with Crippen LogP contribution >= 0.6 is 0 Å². The zero-order chi connectivity index (χ0) is 19.9. The van der Waals surface area contributed by atoms with Crippen LogP contribution in [0.5, 0.6) is 0 Å². The molecule has 0 spiro atoms. The Balaban J connectivity index is 1.72. The minimum Gasteiger partial charge on any atom is -0.383 e. The van der Waals surface area contributed by atoms with Crippen molar-refractivity contribution in [1.82, 2.24) is 19.8 Å². The lowest BCUT2D eigenvalue weighted by Gasteiger charge is -2.15. The van der Waals surface area contributed by atoms with Gasteiger partial charge < -0.3 is 10.1 Å². The van der Waals surface area contributed by atoms with Crippen molar-refractivity contribution in [3.8, 4) is 5.69 Å². The second-order valence-electron chi connectivity index (χ2n) is 6.30. The number of carbonyl (C=O) groups is 1. The average molecular weight is 381 g/mol. The summed E-state index contributed by atoms with van der Waals surface area (Å²) in [6.07, 6.45) is 0.702. The monoisotopic (exact) mass is 381 g/mol. The number of methoxy groups -OCH3 is 1. The van der Waals surface area contributed by atoms with Crippen molar-refractivity contribution in [3.63, 3.8) is 0 Å². The number of anilines is 1. The van der Waals surface area contributed by atoms with Gasteiger partial charge in [-0.05, 0) is 46.7 Å². The van der Waals surface area contributed by atoms with Crippen LogP contribution in [-0.4, -0.2) is 39.4 Å². The molecule has 3 aromatic rings. The highest BCUT2D eigenvalue weighted by Gasteiger charge is 2.18. The number of nitrogens with zero attached hydrogens (tertiary/aromatic N) is 4. The molecule has 2 aromatic carbocycles. The van der Waals surface area contributed by atoms with E-state index < -0.39 is 0 Å². The molecule has 8 nitrogen and oxygen atoms in total. The van der Waals surface area contributed by atoms with E-state index in [-0.39, 0.29) is 17.5 Å². The Kier molecular flexibility index (Phi) is 6.33. The fourth-order valence-electron chi connectivity index (χ4n) is 2.93. The van der Waals surface area contributed by atoms with Crippen LogP contribution in [0, 0.1) is 0 Å². The smallest absolute Gasteiger partial charge is 0.368 e. The fraction of sp³-hybridized carbons (Fsp3) is 0.300. The summed E-state index contributed by atoms with van der Waals surface area (Å²) in [5.74, 6) is -0.284. The lowest BCUT2D eigenvalue weighted by molar-refractivity contribution is -0.117. The Hall–Kier alpha value is -3.26. The lowest BCUT2D eigenvalue weighted by Crippen LogP contribution is -2.25. The molecule has 1 aromatic heterocycles. The van der Waals surface area contributed by atoms with Gasteiger partial charge in [0, 0.05) is 12.8 Å². The summed E-state index contributed by atoms with van der Waals surface area (Å²) >= 11 is 0. The number of amides is 1. The van der Waals surface area contributed by atoms with E-state index in [2.05, 4.69) is 15.7 Å². The van der Waals surface area contributed by atoms with Crippen LogP contribution in [0.2, 0.25) is 0 Å². The first-order chi connectivity index (χ1) is 13.6. The number of carbonyl (C=O) groups excluding carboxylic acids is 1. The van der Waals surface area contributed by atoms with Gasteiger partial charge in [-0.1, -0.05) is 37.3 Å². The second-order valence-corrected chi connectivity index (χ2v) is 6.30. The highest BCUT2D eigenvalue weighted by Crippen LogP contribution is 2.22. The average Bonchev–Trinajstić information content (AvgIpc) is 3.09. The van der Waals surface area contributed by atoms with Crippen molar-refractivity contribution in [2.24, 2.45) is 0 Å². The van der Waals surface area contributed by atoms with Crippen molar-refractivity contribution < 1.29 is 9.53 Å². The van der Waals surface area contributed by atoms with Gasteiger partial charge in [-0.25, -0.2) is 4.79 Å². The molecule has 0 aliphatic heterocycles. The molecule has 3 rings (SSSR count). The summed E-state index contributed by atoms with van der Waals surface area (Å²) in [4.78, 5) is 25.0. The van der Waals surface area contributed by atoms with Gasteiger partial charge in [-0.3, -0.25) is 4.79 Å². The third kappa shape index (κ3) is 4.34. The predicted octanol–water partition coefficient (Wildman–Crippen LogP) is 2.21. The molecule has 0 radical (unpaired) electrons. The first-order valence-electron chi connectivity index (χ1n) is 9.12. The molecule has 1 N–H and O–H groups in total. The molecule has 0 saturated carbocycles. The maximum Gasteiger partial charge on any atom is 0.368 e. The first-order valence-corrected chi connectivity index (χ1v) is 9.12. The Morgan fingerprint density at radius 1 is 1.11 bits per heavy atom. The SMILES string of the molecule is CCC(C(=O)Nc1ccc(-n2nnn(CCOC)c2=O)cc1)c1ccccc1. The van der Waals surface area contributed by atoms with E-state index >= 15 is 0 Å². The summed E-state index contributed by atoms with van der Waals surface area (Å²) in [6, 6.07) is 16.6. The van der Waals surface area contributed by atoms with Gasteiger partial charge in [0.25, 0.3) is 0 Å². The number of benzene rings is 2. The van der Waals surface area contributed by atoms with Crippen LogP contribution in [0.3, 0.4) is 0 Å². The van der Waals surface area contributed by atoms with Gasteiger partial charge in [0.2, 0.25) is 5.91 Å². The minimum atomic E-state index is -0.344. The maximum atomic E-state index is 12.7. The van der Waals surface area contributed by atoms with Crippen molar-refractivity contribution in [1.29, 1.82) is 0 Å². The molecule has 0 aliphatic rings. The molecule has 1 heterocycles. The first kappa shape index (κ1) is 19.5.